The predicted octanol–water partition coefficient (Wildman–Crippen LogP) is 3.56. The first kappa shape index (κ1) is 19.5. The molecule has 0 radical (unpaired) electrons. The van der Waals surface area contributed by atoms with Crippen LogP contribution in [-0.2, 0) is 9.63 Å². The number of carbonyl (C=O) groups is 2. The summed E-state index contributed by atoms with van der Waals surface area (Å²) in [5.74, 6) is 0.242. The van der Waals surface area contributed by atoms with Gasteiger partial charge in [0.25, 0.3) is 5.91 Å². The Morgan fingerprint density at radius 2 is 2.07 bits per heavy atom. The summed E-state index contributed by atoms with van der Waals surface area (Å²) in [5.41, 5.74) is 3.76. The number of aromatic nitrogens is 1. The number of nitrogens with zero attached hydrogens (tertiary/aromatic N) is 1. The summed E-state index contributed by atoms with van der Waals surface area (Å²) >= 11 is 1.48. The molecule has 144 valence electrons. The average molecular weight is 388 g/mol. The fraction of sp³-hybridized carbons (Fsp3) is 0.450. The Morgan fingerprint density at radius 3 is 2.81 bits per heavy atom. The number of rotatable bonds is 8. The number of hydroxylamine groups is 1. The Bertz CT molecular complexity index is 758. The van der Waals surface area contributed by atoms with Gasteiger partial charge < -0.3 is 5.32 Å². The molecule has 2 amide bonds. The zero-order valence-electron chi connectivity index (χ0n) is 15.4. The molecule has 1 aromatic heterocycles. The Labute approximate surface area is 163 Å². The number of hydrogen-bond acceptors (Lipinski definition) is 5. The second kappa shape index (κ2) is 9.62. The fourth-order valence-electron chi connectivity index (χ4n) is 3.28. The second-order valence-electron chi connectivity index (χ2n) is 6.90. The lowest BCUT2D eigenvalue weighted by Gasteiger charge is -2.16. The van der Waals surface area contributed by atoms with Crippen molar-refractivity contribution in [1.82, 2.24) is 15.8 Å². The van der Waals surface area contributed by atoms with E-state index in [0.717, 1.165) is 23.4 Å². The molecule has 1 heterocycles. The Morgan fingerprint density at radius 1 is 1.30 bits per heavy atom. The van der Waals surface area contributed by atoms with Crippen molar-refractivity contribution in [3.05, 3.63) is 41.4 Å². The van der Waals surface area contributed by atoms with Gasteiger partial charge in [0.05, 0.1) is 11.7 Å². The predicted molar refractivity (Wildman–Crippen MR) is 105 cm³/mol. The van der Waals surface area contributed by atoms with Crippen LogP contribution in [0.3, 0.4) is 0 Å². The van der Waals surface area contributed by atoms with Crippen LogP contribution in [0.4, 0.5) is 0 Å². The third-order valence-electron chi connectivity index (χ3n) is 4.72. The molecule has 0 spiro atoms. The highest BCUT2D eigenvalue weighted by molar-refractivity contribution is 7.13. The summed E-state index contributed by atoms with van der Waals surface area (Å²) in [6.45, 7) is 2.17. The van der Waals surface area contributed by atoms with E-state index in [1.54, 1.807) is 18.3 Å². The smallest absolute Gasteiger partial charge is 0.275 e. The van der Waals surface area contributed by atoms with Gasteiger partial charge in [-0.3, -0.25) is 14.4 Å². The molecular weight excluding hydrogens is 362 g/mol. The highest BCUT2D eigenvalue weighted by Gasteiger charge is 2.19. The SMILES string of the molecule is CC(CNC(=O)CC1CCCC1)ONC(=O)c1ccccc1-c1nccs1. The molecule has 2 N–H and O–H groups in total. The molecule has 1 aromatic carbocycles. The number of amides is 2. The Balaban J connectivity index is 1.46. The van der Waals surface area contributed by atoms with Crippen molar-refractivity contribution in [2.45, 2.75) is 45.1 Å². The van der Waals surface area contributed by atoms with Crippen LogP contribution in [0.15, 0.2) is 35.8 Å². The van der Waals surface area contributed by atoms with E-state index in [1.165, 1.54) is 24.2 Å². The first-order valence-electron chi connectivity index (χ1n) is 9.35. The number of benzene rings is 1. The molecule has 7 heteroatoms. The van der Waals surface area contributed by atoms with Crippen LogP contribution < -0.4 is 10.8 Å². The quantitative estimate of drug-likeness (QED) is 0.679. The van der Waals surface area contributed by atoms with Crippen LogP contribution in [0.1, 0.15) is 49.4 Å². The zero-order valence-corrected chi connectivity index (χ0v) is 16.3. The number of hydrogen-bond donors (Lipinski definition) is 2. The number of nitrogens with one attached hydrogen (secondary N) is 2. The molecular formula is C20H25N3O3S. The lowest BCUT2D eigenvalue weighted by molar-refractivity contribution is -0.122. The minimum Gasteiger partial charge on any atom is -0.353 e. The van der Waals surface area contributed by atoms with E-state index in [2.05, 4.69) is 15.8 Å². The average Bonchev–Trinajstić information content (AvgIpc) is 3.38. The first-order chi connectivity index (χ1) is 13.1. The number of carbonyl (C=O) groups excluding carboxylic acids is 2. The van der Waals surface area contributed by atoms with Crippen LogP contribution >= 0.6 is 11.3 Å². The van der Waals surface area contributed by atoms with Gasteiger partial charge in [0.15, 0.2) is 0 Å². The maximum absolute atomic E-state index is 12.5. The minimum absolute atomic E-state index is 0.0535. The lowest BCUT2D eigenvalue weighted by atomic mass is 10.0. The van der Waals surface area contributed by atoms with Crippen molar-refractivity contribution in [3.8, 4) is 10.6 Å². The molecule has 1 unspecified atom stereocenters. The van der Waals surface area contributed by atoms with Crippen molar-refractivity contribution in [1.29, 1.82) is 0 Å². The summed E-state index contributed by atoms with van der Waals surface area (Å²) in [7, 11) is 0. The topological polar surface area (TPSA) is 80.3 Å². The first-order valence-corrected chi connectivity index (χ1v) is 10.2. The van der Waals surface area contributed by atoms with Gasteiger partial charge in [-0.2, -0.15) is 0 Å². The van der Waals surface area contributed by atoms with E-state index in [4.69, 9.17) is 4.84 Å². The maximum Gasteiger partial charge on any atom is 0.275 e. The van der Waals surface area contributed by atoms with E-state index < -0.39 is 0 Å². The summed E-state index contributed by atoms with van der Waals surface area (Å²) < 4.78 is 0. The van der Waals surface area contributed by atoms with Crippen LogP contribution in [0, 0.1) is 5.92 Å². The molecule has 0 bridgehead atoms. The molecule has 1 atom stereocenters. The molecule has 1 saturated carbocycles. The summed E-state index contributed by atoms with van der Waals surface area (Å²) in [6, 6.07) is 7.28. The molecule has 6 nitrogen and oxygen atoms in total. The fourth-order valence-corrected chi connectivity index (χ4v) is 3.96. The van der Waals surface area contributed by atoms with Gasteiger partial charge in [0, 0.05) is 30.1 Å². The van der Waals surface area contributed by atoms with Gasteiger partial charge in [0.1, 0.15) is 5.01 Å². The van der Waals surface area contributed by atoms with Gasteiger partial charge in [-0.1, -0.05) is 31.0 Å². The molecule has 1 aliphatic rings. The van der Waals surface area contributed by atoms with Crippen molar-refractivity contribution in [2.24, 2.45) is 5.92 Å². The van der Waals surface area contributed by atoms with Gasteiger partial charge in [0.2, 0.25) is 5.91 Å². The van der Waals surface area contributed by atoms with E-state index >= 15 is 0 Å². The minimum atomic E-state index is -0.329. The Kier molecular flexibility index (Phi) is 6.95. The standard InChI is InChI=1S/C20H25N3O3S/c1-14(13-22-18(24)12-15-6-2-3-7-15)26-23-19(25)16-8-4-5-9-17(16)20-21-10-11-27-20/h4-5,8-11,14-15H,2-3,6-7,12-13H2,1H3,(H,22,24)(H,23,25). The lowest BCUT2D eigenvalue weighted by Crippen LogP contribution is -2.37. The largest absolute Gasteiger partial charge is 0.353 e. The third kappa shape index (κ3) is 5.61. The molecule has 0 saturated heterocycles. The zero-order chi connectivity index (χ0) is 19.1. The monoisotopic (exact) mass is 387 g/mol. The van der Waals surface area contributed by atoms with Crippen LogP contribution in [-0.4, -0.2) is 29.4 Å². The van der Waals surface area contributed by atoms with E-state index in [1.807, 2.05) is 24.4 Å². The molecule has 3 rings (SSSR count). The van der Waals surface area contributed by atoms with Crippen molar-refractivity contribution >= 4 is 23.2 Å². The molecule has 1 aliphatic carbocycles. The second-order valence-corrected chi connectivity index (χ2v) is 7.80. The number of thiazole rings is 1. The van der Waals surface area contributed by atoms with E-state index in [-0.39, 0.29) is 17.9 Å². The van der Waals surface area contributed by atoms with Crippen molar-refractivity contribution in [3.63, 3.8) is 0 Å². The maximum atomic E-state index is 12.5. The summed E-state index contributed by atoms with van der Waals surface area (Å²) in [5, 5.41) is 5.54. The Hall–Kier alpha value is -2.25. The summed E-state index contributed by atoms with van der Waals surface area (Å²) in [6.07, 6.45) is 6.72. The van der Waals surface area contributed by atoms with E-state index in [9.17, 15) is 9.59 Å². The normalized spacial score (nSPS) is 15.4. The van der Waals surface area contributed by atoms with Gasteiger partial charge >= 0.3 is 0 Å². The van der Waals surface area contributed by atoms with Crippen LogP contribution in [0.2, 0.25) is 0 Å². The third-order valence-corrected chi connectivity index (χ3v) is 5.53. The summed E-state index contributed by atoms with van der Waals surface area (Å²) in [4.78, 5) is 34.2. The van der Waals surface area contributed by atoms with Gasteiger partial charge in [-0.15, -0.1) is 11.3 Å². The van der Waals surface area contributed by atoms with Crippen LogP contribution in [0.5, 0.6) is 0 Å². The van der Waals surface area contributed by atoms with Crippen molar-refractivity contribution in [2.75, 3.05) is 6.54 Å². The van der Waals surface area contributed by atoms with Gasteiger partial charge in [-0.05, 0) is 31.7 Å². The molecule has 1 fully saturated rings. The van der Waals surface area contributed by atoms with Crippen molar-refractivity contribution < 1.29 is 14.4 Å². The molecule has 27 heavy (non-hydrogen) atoms. The highest BCUT2D eigenvalue weighted by atomic mass is 32.1. The highest BCUT2D eigenvalue weighted by Crippen LogP contribution is 2.27. The van der Waals surface area contributed by atoms with Gasteiger partial charge in [-0.25, -0.2) is 10.5 Å². The van der Waals surface area contributed by atoms with Crippen LogP contribution in [0.25, 0.3) is 10.6 Å². The van der Waals surface area contributed by atoms with E-state index in [0.29, 0.717) is 24.4 Å². The molecule has 2 aromatic rings. The molecule has 0 aliphatic heterocycles.